The van der Waals surface area contributed by atoms with Crippen molar-refractivity contribution in [2.24, 2.45) is 11.8 Å². The average Bonchev–Trinajstić information content (AvgIpc) is 2.54. The maximum atomic E-state index is 5.46. The van der Waals surface area contributed by atoms with Crippen molar-refractivity contribution >= 4 is 0 Å². The van der Waals surface area contributed by atoms with Crippen molar-refractivity contribution in [3.8, 4) is 0 Å². The minimum Gasteiger partial charge on any atom is -0.353 e. The van der Waals surface area contributed by atoms with E-state index in [4.69, 9.17) is 9.47 Å². The van der Waals surface area contributed by atoms with Crippen LogP contribution >= 0.6 is 0 Å². The molecule has 0 spiro atoms. The molecule has 0 saturated carbocycles. The van der Waals surface area contributed by atoms with Gasteiger partial charge in [0.25, 0.3) is 0 Å². The first-order valence-electron chi connectivity index (χ1n) is 5.65. The van der Waals surface area contributed by atoms with Gasteiger partial charge in [-0.3, -0.25) is 0 Å². The number of hydrogen-bond acceptors (Lipinski definition) is 3. The molecular formula is C11H21NO2. The van der Waals surface area contributed by atoms with Gasteiger partial charge in [0.15, 0.2) is 0 Å². The van der Waals surface area contributed by atoms with Crippen LogP contribution in [-0.4, -0.2) is 44.0 Å². The lowest BCUT2D eigenvalue weighted by Gasteiger charge is -2.35. The fourth-order valence-corrected chi connectivity index (χ4v) is 2.71. The minimum absolute atomic E-state index is 0.312. The van der Waals surface area contributed by atoms with Crippen molar-refractivity contribution in [1.29, 1.82) is 0 Å². The number of rotatable bonds is 2. The van der Waals surface area contributed by atoms with E-state index in [-0.39, 0.29) is 0 Å². The zero-order valence-corrected chi connectivity index (χ0v) is 9.24. The standard InChI is InChI=1S/C11H21NO2/c1-9-3-10(2)5-12(4-9)6-11-7-13-8-14-11/h9-11H,3-8H2,1-2H3. The van der Waals surface area contributed by atoms with Crippen LogP contribution in [0.15, 0.2) is 0 Å². The molecule has 0 aromatic heterocycles. The smallest absolute Gasteiger partial charge is 0.147 e. The molecule has 2 aliphatic heterocycles. The number of ether oxygens (including phenoxy) is 2. The Labute approximate surface area is 86.4 Å². The largest absolute Gasteiger partial charge is 0.353 e. The van der Waals surface area contributed by atoms with E-state index in [1.54, 1.807) is 0 Å². The zero-order chi connectivity index (χ0) is 9.97. The molecule has 3 atom stereocenters. The first-order chi connectivity index (χ1) is 6.74. The lowest BCUT2D eigenvalue weighted by molar-refractivity contribution is 0.0250. The van der Waals surface area contributed by atoms with Crippen molar-refractivity contribution in [3.05, 3.63) is 0 Å². The highest BCUT2D eigenvalue weighted by Gasteiger charge is 2.25. The van der Waals surface area contributed by atoms with Crippen LogP contribution < -0.4 is 0 Å². The fraction of sp³-hybridized carbons (Fsp3) is 1.00. The summed E-state index contributed by atoms with van der Waals surface area (Å²) in [5, 5.41) is 0. The van der Waals surface area contributed by atoms with Crippen molar-refractivity contribution in [1.82, 2.24) is 4.90 Å². The van der Waals surface area contributed by atoms with E-state index in [1.165, 1.54) is 19.5 Å². The normalized spacial score (nSPS) is 40.3. The van der Waals surface area contributed by atoms with Crippen LogP contribution in [0.25, 0.3) is 0 Å². The predicted octanol–water partition coefficient (Wildman–Crippen LogP) is 1.34. The third-order valence-corrected chi connectivity index (χ3v) is 3.10. The summed E-state index contributed by atoms with van der Waals surface area (Å²) < 4.78 is 10.7. The second kappa shape index (κ2) is 4.60. The van der Waals surface area contributed by atoms with E-state index in [1.807, 2.05) is 0 Å². The lowest BCUT2D eigenvalue weighted by atomic mass is 9.92. The van der Waals surface area contributed by atoms with Crippen molar-refractivity contribution < 1.29 is 9.47 Å². The Kier molecular flexibility index (Phi) is 3.42. The zero-order valence-electron chi connectivity index (χ0n) is 9.24. The van der Waals surface area contributed by atoms with E-state index in [9.17, 15) is 0 Å². The van der Waals surface area contributed by atoms with Crippen LogP contribution in [0.5, 0.6) is 0 Å². The molecule has 0 bridgehead atoms. The number of nitrogens with zero attached hydrogens (tertiary/aromatic N) is 1. The summed E-state index contributed by atoms with van der Waals surface area (Å²) in [5.41, 5.74) is 0. The Morgan fingerprint density at radius 2 is 1.93 bits per heavy atom. The molecule has 0 aliphatic carbocycles. The molecule has 0 aromatic rings. The van der Waals surface area contributed by atoms with E-state index in [2.05, 4.69) is 18.7 Å². The molecule has 14 heavy (non-hydrogen) atoms. The molecule has 2 aliphatic rings. The highest BCUT2D eigenvalue weighted by atomic mass is 16.7. The van der Waals surface area contributed by atoms with Gasteiger partial charge in [0, 0.05) is 19.6 Å². The third-order valence-electron chi connectivity index (χ3n) is 3.10. The summed E-state index contributed by atoms with van der Waals surface area (Å²) in [4.78, 5) is 2.53. The molecule has 2 saturated heterocycles. The average molecular weight is 199 g/mol. The summed E-state index contributed by atoms with van der Waals surface area (Å²) >= 11 is 0. The lowest BCUT2D eigenvalue weighted by Crippen LogP contribution is -2.43. The summed E-state index contributed by atoms with van der Waals surface area (Å²) in [5.74, 6) is 1.67. The quantitative estimate of drug-likeness (QED) is 0.670. The molecule has 0 aromatic carbocycles. The van der Waals surface area contributed by atoms with Gasteiger partial charge in [-0.15, -0.1) is 0 Å². The maximum Gasteiger partial charge on any atom is 0.147 e. The van der Waals surface area contributed by atoms with Gasteiger partial charge in [0.2, 0.25) is 0 Å². The molecule has 0 N–H and O–H groups in total. The second-order valence-electron chi connectivity index (χ2n) is 4.94. The van der Waals surface area contributed by atoms with Crippen LogP contribution in [-0.2, 0) is 9.47 Å². The van der Waals surface area contributed by atoms with E-state index in [0.29, 0.717) is 12.9 Å². The van der Waals surface area contributed by atoms with E-state index >= 15 is 0 Å². The van der Waals surface area contributed by atoms with Gasteiger partial charge in [0.05, 0.1) is 12.7 Å². The number of hydrogen-bond donors (Lipinski definition) is 0. The molecule has 0 radical (unpaired) electrons. The predicted molar refractivity (Wildman–Crippen MR) is 55.1 cm³/mol. The number of piperidine rings is 1. The van der Waals surface area contributed by atoms with Gasteiger partial charge in [-0.05, 0) is 18.3 Å². The van der Waals surface area contributed by atoms with Gasteiger partial charge in [-0.1, -0.05) is 13.8 Å². The number of likely N-dealkylation sites (tertiary alicyclic amines) is 1. The summed E-state index contributed by atoms with van der Waals surface area (Å²) in [6.45, 7) is 9.45. The van der Waals surface area contributed by atoms with Gasteiger partial charge < -0.3 is 14.4 Å². The van der Waals surface area contributed by atoms with Crippen molar-refractivity contribution in [2.45, 2.75) is 26.4 Å². The fourth-order valence-electron chi connectivity index (χ4n) is 2.71. The molecule has 2 fully saturated rings. The minimum atomic E-state index is 0.312. The van der Waals surface area contributed by atoms with Gasteiger partial charge in [-0.2, -0.15) is 0 Å². The van der Waals surface area contributed by atoms with Gasteiger partial charge in [-0.25, -0.2) is 0 Å². The van der Waals surface area contributed by atoms with E-state index in [0.717, 1.165) is 25.0 Å². The monoisotopic (exact) mass is 199 g/mol. The molecule has 3 unspecified atom stereocenters. The molecule has 3 heteroatoms. The Morgan fingerprint density at radius 1 is 1.21 bits per heavy atom. The Balaban J connectivity index is 1.78. The van der Waals surface area contributed by atoms with Crippen molar-refractivity contribution in [3.63, 3.8) is 0 Å². The highest BCUT2D eigenvalue weighted by molar-refractivity contribution is 4.77. The molecule has 2 rings (SSSR count). The van der Waals surface area contributed by atoms with Crippen molar-refractivity contribution in [2.75, 3.05) is 33.0 Å². The molecule has 2 heterocycles. The first kappa shape index (κ1) is 10.4. The summed E-state index contributed by atoms with van der Waals surface area (Å²) in [6, 6.07) is 0. The second-order valence-corrected chi connectivity index (χ2v) is 4.94. The Bertz CT molecular complexity index is 170. The van der Waals surface area contributed by atoms with E-state index < -0.39 is 0 Å². The topological polar surface area (TPSA) is 21.7 Å². The molecular weight excluding hydrogens is 178 g/mol. The molecule has 82 valence electrons. The van der Waals surface area contributed by atoms with Crippen LogP contribution in [0.1, 0.15) is 20.3 Å². The van der Waals surface area contributed by atoms with Gasteiger partial charge >= 0.3 is 0 Å². The maximum absolute atomic E-state index is 5.46. The van der Waals surface area contributed by atoms with Crippen LogP contribution in [0.3, 0.4) is 0 Å². The van der Waals surface area contributed by atoms with Crippen LogP contribution in [0.2, 0.25) is 0 Å². The van der Waals surface area contributed by atoms with Gasteiger partial charge in [0.1, 0.15) is 6.79 Å². The van der Waals surface area contributed by atoms with Crippen LogP contribution in [0, 0.1) is 11.8 Å². The third kappa shape index (κ3) is 2.69. The summed E-state index contributed by atoms with van der Waals surface area (Å²) in [6.07, 6.45) is 1.69. The Hall–Kier alpha value is -0.120. The summed E-state index contributed by atoms with van der Waals surface area (Å²) in [7, 11) is 0. The SMILES string of the molecule is CC1CC(C)CN(CC2COCO2)C1. The highest BCUT2D eigenvalue weighted by Crippen LogP contribution is 2.21. The molecule has 0 amide bonds. The van der Waals surface area contributed by atoms with Crippen LogP contribution in [0.4, 0.5) is 0 Å². The first-order valence-corrected chi connectivity index (χ1v) is 5.65. The molecule has 3 nitrogen and oxygen atoms in total. The Morgan fingerprint density at radius 3 is 2.50 bits per heavy atom.